The Morgan fingerprint density at radius 3 is 2.61 bits per heavy atom. The number of benzene rings is 1. The Morgan fingerprint density at radius 2 is 2.00 bits per heavy atom. The maximum Gasteiger partial charge on any atom is 0.324 e. The molecule has 1 aliphatic carbocycles. The van der Waals surface area contributed by atoms with Crippen molar-refractivity contribution in [3.8, 4) is 5.75 Å². The highest BCUT2D eigenvalue weighted by atomic mass is 16.5. The van der Waals surface area contributed by atoms with Crippen LogP contribution in [0.2, 0.25) is 0 Å². The van der Waals surface area contributed by atoms with E-state index in [1.165, 1.54) is 7.05 Å². The highest BCUT2D eigenvalue weighted by molar-refractivity contribution is 6.07. The van der Waals surface area contributed by atoms with Gasteiger partial charge < -0.3 is 20.3 Å². The summed E-state index contributed by atoms with van der Waals surface area (Å²) in [7, 11) is 3.13. The molecule has 1 atom stereocenters. The van der Waals surface area contributed by atoms with Crippen molar-refractivity contribution in [2.24, 2.45) is 0 Å². The smallest absolute Gasteiger partial charge is 0.324 e. The first-order valence-corrected chi connectivity index (χ1v) is 9.67. The van der Waals surface area contributed by atoms with E-state index in [0.29, 0.717) is 19.5 Å². The molecule has 2 saturated heterocycles. The summed E-state index contributed by atoms with van der Waals surface area (Å²) in [5, 5.41) is 5.80. The van der Waals surface area contributed by atoms with E-state index in [0.717, 1.165) is 35.5 Å². The van der Waals surface area contributed by atoms with E-state index in [-0.39, 0.29) is 23.9 Å². The van der Waals surface area contributed by atoms with Gasteiger partial charge in [-0.25, -0.2) is 9.59 Å². The van der Waals surface area contributed by atoms with Gasteiger partial charge in [-0.15, -0.1) is 0 Å². The molecule has 1 aromatic rings. The largest absolute Gasteiger partial charge is 0.496 e. The van der Waals surface area contributed by atoms with Gasteiger partial charge in [0, 0.05) is 31.1 Å². The number of nitrogens with one attached hydrogen (secondary N) is 2. The van der Waals surface area contributed by atoms with Gasteiger partial charge in [-0.1, -0.05) is 24.6 Å². The lowest BCUT2D eigenvalue weighted by Crippen LogP contribution is -2.52. The van der Waals surface area contributed by atoms with Gasteiger partial charge in [-0.2, -0.15) is 0 Å². The lowest BCUT2D eigenvalue weighted by atomic mass is 9.64. The van der Waals surface area contributed by atoms with Gasteiger partial charge in [-0.05, 0) is 25.3 Å². The average Bonchev–Trinajstić information content (AvgIpc) is 3.19. The first-order valence-electron chi connectivity index (χ1n) is 9.67. The molecule has 8 heteroatoms. The number of hydrogen-bond acceptors (Lipinski definition) is 4. The number of rotatable bonds is 4. The van der Waals surface area contributed by atoms with Crippen LogP contribution in [0, 0.1) is 0 Å². The van der Waals surface area contributed by atoms with Gasteiger partial charge >= 0.3 is 12.1 Å². The van der Waals surface area contributed by atoms with Crippen molar-refractivity contribution in [3.63, 3.8) is 0 Å². The Bertz CT molecular complexity index is 822. The van der Waals surface area contributed by atoms with Crippen LogP contribution in [0.25, 0.3) is 0 Å². The fourth-order valence-electron chi connectivity index (χ4n) is 4.60. The molecule has 3 fully saturated rings. The molecule has 4 rings (SSSR count). The third-order valence-electron chi connectivity index (χ3n) is 6.49. The Labute approximate surface area is 164 Å². The predicted molar refractivity (Wildman–Crippen MR) is 102 cm³/mol. The van der Waals surface area contributed by atoms with Gasteiger partial charge in [0.2, 0.25) is 0 Å². The molecule has 0 aromatic heterocycles. The molecule has 3 aliphatic rings. The second-order valence-corrected chi connectivity index (χ2v) is 8.04. The zero-order chi connectivity index (χ0) is 19.9. The Hall–Kier alpha value is -2.77. The van der Waals surface area contributed by atoms with Crippen LogP contribution in [0.15, 0.2) is 24.3 Å². The third-order valence-corrected chi connectivity index (χ3v) is 6.49. The van der Waals surface area contributed by atoms with E-state index in [2.05, 4.69) is 16.7 Å². The molecule has 150 valence electrons. The van der Waals surface area contributed by atoms with E-state index in [4.69, 9.17) is 4.74 Å². The predicted octanol–water partition coefficient (Wildman–Crippen LogP) is 1.45. The SMILES string of the molecule is COc1ccccc1C1(CNC(=O)N2CCC3(C2)NC(=O)N(C)C3=O)CCC1. The number of imide groups is 1. The molecule has 1 aromatic carbocycles. The zero-order valence-corrected chi connectivity index (χ0v) is 16.3. The van der Waals surface area contributed by atoms with Gasteiger partial charge in [0.05, 0.1) is 13.7 Å². The minimum absolute atomic E-state index is 0.114. The van der Waals surface area contributed by atoms with Crippen LogP contribution in [-0.4, -0.2) is 67.1 Å². The summed E-state index contributed by atoms with van der Waals surface area (Å²) >= 11 is 0. The second-order valence-electron chi connectivity index (χ2n) is 8.04. The summed E-state index contributed by atoms with van der Waals surface area (Å²) < 4.78 is 5.52. The van der Waals surface area contributed by atoms with Gasteiger partial charge in [0.25, 0.3) is 5.91 Å². The number of carbonyl (C=O) groups excluding carboxylic acids is 3. The molecule has 5 amide bonds. The zero-order valence-electron chi connectivity index (χ0n) is 16.3. The molecule has 2 heterocycles. The Morgan fingerprint density at radius 1 is 1.25 bits per heavy atom. The number of urea groups is 2. The normalized spacial score (nSPS) is 25.6. The standard InChI is InChI=1S/C20H26N4O4/c1-23-16(25)20(22-18(23)27)10-11-24(13-20)17(26)21-12-19(8-5-9-19)14-6-3-4-7-15(14)28-2/h3-4,6-7H,5,8-13H2,1-2H3,(H,21,26)(H,22,27). The lowest BCUT2D eigenvalue weighted by molar-refractivity contribution is -0.129. The van der Waals surface area contributed by atoms with Crippen LogP contribution >= 0.6 is 0 Å². The molecule has 0 radical (unpaired) electrons. The summed E-state index contributed by atoms with van der Waals surface area (Å²) in [6.45, 7) is 1.17. The fourth-order valence-corrected chi connectivity index (χ4v) is 4.60. The summed E-state index contributed by atoms with van der Waals surface area (Å²) in [4.78, 5) is 39.7. The topological polar surface area (TPSA) is 91.0 Å². The van der Waals surface area contributed by atoms with Gasteiger partial charge in [0.15, 0.2) is 0 Å². The van der Waals surface area contributed by atoms with Crippen LogP contribution in [-0.2, 0) is 10.2 Å². The molecule has 28 heavy (non-hydrogen) atoms. The molecule has 2 N–H and O–H groups in total. The number of amides is 5. The number of likely N-dealkylation sites (N-methyl/N-ethyl adjacent to an activating group) is 1. The number of para-hydroxylation sites is 1. The van der Waals surface area contributed by atoms with Crippen LogP contribution in [0.3, 0.4) is 0 Å². The second kappa shape index (κ2) is 6.68. The van der Waals surface area contributed by atoms with E-state index in [9.17, 15) is 14.4 Å². The number of methoxy groups -OCH3 is 1. The number of carbonyl (C=O) groups is 3. The number of hydrogen-bond donors (Lipinski definition) is 2. The molecule has 8 nitrogen and oxygen atoms in total. The van der Waals surface area contributed by atoms with E-state index in [1.54, 1.807) is 12.0 Å². The summed E-state index contributed by atoms with van der Waals surface area (Å²) in [5.74, 6) is 0.580. The van der Waals surface area contributed by atoms with Crippen molar-refractivity contribution in [2.75, 3.05) is 33.8 Å². The first kappa shape index (κ1) is 18.6. The summed E-state index contributed by atoms with van der Waals surface area (Å²) in [6.07, 6.45) is 3.55. The molecular formula is C20H26N4O4. The van der Waals surface area contributed by atoms with Crippen LogP contribution < -0.4 is 15.4 Å². The minimum Gasteiger partial charge on any atom is -0.496 e. The molecule has 0 bridgehead atoms. The maximum atomic E-state index is 12.8. The molecule has 1 spiro atoms. The highest BCUT2D eigenvalue weighted by Gasteiger charge is 2.54. The van der Waals surface area contributed by atoms with Crippen molar-refractivity contribution < 1.29 is 19.1 Å². The summed E-state index contributed by atoms with van der Waals surface area (Å²) in [6, 6.07) is 7.35. The average molecular weight is 386 g/mol. The van der Waals surface area contributed by atoms with Gasteiger partial charge in [0.1, 0.15) is 11.3 Å². The van der Waals surface area contributed by atoms with Crippen molar-refractivity contribution >= 4 is 18.0 Å². The molecule has 2 aliphatic heterocycles. The van der Waals surface area contributed by atoms with Crippen LogP contribution in [0.4, 0.5) is 9.59 Å². The Balaban J connectivity index is 1.42. The minimum atomic E-state index is -0.972. The van der Waals surface area contributed by atoms with E-state index >= 15 is 0 Å². The molecular weight excluding hydrogens is 360 g/mol. The van der Waals surface area contributed by atoms with Gasteiger partial charge in [-0.3, -0.25) is 9.69 Å². The fraction of sp³-hybridized carbons (Fsp3) is 0.550. The maximum absolute atomic E-state index is 12.8. The number of ether oxygens (including phenoxy) is 1. The van der Waals surface area contributed by atoms with Crippen molar-refractivity contribution in [3.05, 3.63) is 29.8 Å². The Kier molecular flexibility index (Phi) is 4.44. The third kappa shape index (κ3) is 2.78. The summed E-state index contributed by atoms with van der Waals surface area (Å²) in [5.41, 5.74) is 0.0406. The van der Waals surface area contributed by atoms with Crippen molar-refractivity contribution in [1.29, 1.82) is 0 Å². The number of nitrogens with zero attached hydrogens (tertiary/aromatic N) is 2. The van der Waals surface area contributed by atoms with Crippen LogP contribution in [0.1, 0.15) is 31.2 Å². The monoisotopic (exact) mass is 386 g/mol. The van der Waals surface area contributed by atoms with E-state index < -0.39 is 11.6 Å². The van der Waals surface area contributed by atoms with Crippen molar-refractivity contribution in [1.82, 2.24) is 20.4 Å². The lowest BCUT2D eigenvalue weighted by Gasteiger charge is -2.43. The first-order chi connectivity index (χ1) is 13.4. The van der Waals surface area contributed by atoms with Crippen LogP contribution in [0.5, 0.6) is 5.75 Å². The number of likely N-dealkylation sites (tertiary alicyclic amines) is 1. The highest BCUT2D eigenvalue weighted by Crippen LogP contribution is 2.46. The van der Waals surface area contributed by atoms with Crippen molar-refractivity contribution in [2.45, 2.75) is 36.6 Å². The quantitative estimate of drug-likeness (QED) is 0.767. The molecule has 1 unspecified atom stereocenters. The molecule has 1 saturated carbocycles. The van der Waals surface area contributed by atoms with E-state index in [1.807, 2.05) is 18.2 Å².